The summed E-state index contributed by atoms with van der Waals surface area (Å²) in [5, 5.41) is 2.83. The van der Waals surface area contributed by atoms with Gasteiger partial charge in [0.1, 0.15) is 18.5 Å². The molecule has 0 radical (unpaired) electrons. The number of ether oxygens (including phenoxy) is 2. The molecule has 1 aromatic carbocycles. The lowest BCUT2D eigenvalue weighted by molar-refractivity contribution is -0.689. The molecule has 1 aromatic heterocycles. The second-order valence-corrected chi connectivity index (χ2v) is 14.9. The number of carbonyl (C=O) groups is 1. The molecule has 0 aliphatic rings. The largest absolute Gasteiger partial charge is 0.447 e. The molecule has 1 amide bonds. The number of nitrogens with one attached hydrogen (secondary N) is 1. The number of alkyl carbamates (subject to hydrolysis) is 1. The first-order chi connectivity index (χ1) is 22.8. The highest BCUT2D eigenvalue weighted by molar-refractivity contribution is 7.41. The molecule has 1 heterocycles. The summed E-state index contributed by atoms with van der Waals surface area (Å²) < 4.78 is 24.6. The maximum Gasteiger partial charge on any atom is 0.407 e. The number of benzene rings is 1. The third-order valence-corrected chi connectivity index (χ3v) is 10.0. The summed E-state index contributed by atoms with van der Waals surface area (Å²) in [5.41, 5.74) is 4.53. The number of aromatic nitrogens is 1. The molecule has 0 bridgehead atoms. The van der Waals surface area contributed by atoms with Crippen LogP contribution in [0.25, 0.3) is 0 Å². The lowest BCUT2D eigenvalue weighted by Gasteiger charge is -2.21. The second-order valence-electron chi connectivity index (χ2n) is 12.9. The third-order valence-electron chi connectivity index (χ3n) is 8.29. The molecule has 10 heteroatoms. The van der Waals surface area contributed by atoms with Crippen molar-refractivity contribution in [1.29, 1.82) is 0 Å². The van der Waals surface area contributed by atoms with Crippen LogP contribution < -0.4 is 14.4 Å². The third kappa shape index (κ3) is 20.4. The van der Waals surface area contributed by atoms with Crippen molar-refractivity contribution in [3.63, 3.8) is 0 Å². The van der Waals surface area contributed by atoms with Crippen LogP contribution in [0.15, 0.2) is 29.8 Å². The number of rotatable bonds is 28. The first-order valence-electron chi connectivity index (χ1n) is 18.2. The highest BCUT2D eigenvalue weighted by Crippen LogP contribution is 2.35. The highest BCUT2D eigenvalue weighted by Gasteiger charge is 2.19. The van der Waals surface area contributed by atoms with Crippen molar-refractivity contribution in [2.45, 2.75) is 156 Å². The van der Waals surface area contributed by atoms with Crippen LogP contribution in [0.1, 0.15) is 140 Å². The first-order valence-corrected chi connectivity index (χ1v) is 20.2. The van der Waals surface area contributed by atoms with Gasteiger partial charge >= 0.3 is 14.7 Å². The van der Waals surface area contributed by atoms with Crippen LogP contribution in [0, 0.1) is 13.8 Å². The van der Waals surface area contributed by atoms with Gasteiger partial charge in [-0.15, -0.1) is 0 Å². The lowest BCUT2D eigenvalue weighted by Crippen LogP contribution is -2.34. The molecule has 47 heavy (non-hydrogen) atoms. The number of aryl methyl sites for hydroxylation is 1. The molecule has 0 aliphatic heterocycles. The van der Waals surface area contributed by atoms with Gasteiger partial charge in [-0.05, 0) is 51.5 Å². The number of hydrogen-bond acceptors (Lipinski definition) is 7. The van der Waals surface area contributed by atoms with Gasteiger partial charge in [0.2, 0.25) is 5.51 Å². The maximum absolute atomic E-state index is 12.2. The van der Waals surface area contributed by atoms with Crippen LogP contribution >= 0.6 is 19.9 Å². The van der Waals surface area contributed by atoms with E-state index < -0.39 is 20.8 Å². The lowest BCUT2D eigenvalue weighted by atomic mass is 10.0. The fourth-order valence-corrected chi connectivity index (χ4v) is 6.83. The minimum absolute atomic E-state index is 0.0278. The Morgan fingerprint density at radius 3 is 1.91 bits per heavy atom. The number of amides is 1. The van der Waals surface area contributed by atoms with E-state index >= 15 is 0 Å². The van der Waals surface area contributed by atoms with E-state index in [0.29, 0.717) is 12.3 Å². The standard InChI is InChI=1S/C37H63N2O6PS/c1-6-7-8-9-10-11-12-13-14-15-16-17-18-19-20-21-26-38-37(40)42-28-36(44-31(2)3)29-43-46(41)45-35-24-22-34(23-25-35)27-39-30-47-33(5)32(39)4/h22-25,30-31,36,41H,6-21,26-29H2,1-5H3/p+1. The van der Waals surface area contributed by atoms with Gasteiger partial charge < -0.3 is 24.2 Å². The van der Waals surface area contributed by atoms with E-state index in [9.17, 15) is 9.69 Å². The van der Waals surface area contributed by atoms with E-state index in [4.69, 9.17) is 18.5 Å². The minimum Gasteiger partial charge on any atom is -0.447 e. The number of nitrogens with zero attached hydrogens (tertiary/aromatic N) is 1. The zero-order valence-corrected chi connectivity index (χ0v) is 31.7. The molecule has 0 fully saturated rings. The summed E-state index contributed by atoms with van der Waals surface area (Å²) in [5.74, 6) is 0.525. The average Bonchev–Trinajstić information content (AvgIpc) is 3.36. The van der Waals surface area contributed by atoms with Crippen LogP contribution in [0.2, 0.25) is 0 Å². The Bertz CT molecular complexity index is 1070. The quantitative estimate of drug-likeness (QED) is 0.0523. The number of hydrogen-bond donors (Lipinski definition) is 2. The smallest absolute Gasteiger partial charge is 0.407 e. The Kier molecular flexibility index (Phi) is 23.0. The summed E-state index contributed by atoms with van der Waals surface area (Å²) >= 11 is 1.74. The topological polar surface area (TPSA) is 90.1 Å². The van der Waals surface area contributed by atoms with Crippen molar-refractivity contribution in [1.82, 2.24) is 5.32 Å². The molecule has 0 saturated heterocycles. The van der Waals surface area contributed by atoms with E-state index in [0.717, 1.165) is 24.9 Å². The molecule has 2 N–H and O–H groups in total. The van der Waals surface area contributed by atoms with Crippen molar-refractivity contribution in [3.8, 4) is 5.75 Å². The Balaban J connectivity index is 1.50. The SMILES string of the molecule is CCCCCCCCCCCCCCCCCCNC(=O)OCC(COP(O)Oc1ccc(C[n+]2csc(C)c2C)cc1)OC(C)C. The first kappa shape index (κ1) is 41.4. The molecular weight excluding hydrogens is 631 g/mol. The number of unbranched alkanes of at least 4 members (excludes halogenated alkanes) is 15. The molecule has 0 aliphatic carbocycles. The summed E-state index contributed by atoms with van der Waals surface area (Å²) in [6, 6.07) is 7.62. The molecule has 2 unspecified atom stereocenters. The van der Waals surface area contributed by atoms with Crippen molar-refractivity contribution in [3.05, 3.63) is 45.9 Å². The number of carbonyl (C=O) groups excluding carboxylic acids is 1. The van der Waals surface area contributed by atoms with E-state index in [-0.39, 0.29) is 19.3 Å². The van der Waals surface area contributed by atoms with Crippen molar-refractivity contribution in [2.75, 3.05) is 19.8 Å². The van der Waals surface area contributed by atoms with Crippen molar-refractivity contribution in [2.24, 2.45) is 0 Å². The Labute approximate surface area is 290 Å². The van der Waals surface area contributed by atoms with Gasteiger partial charge in [0.25, 0.3) is 0 Å². The monoisotopic (exact) mass is 695 g/mol. The normalized spacial score (nSPS) is 12.7. The predicted octanol–water partition coefficient (Wildman–Crippen LogP) is 10.1. The van der Waals surface area contributed by atoms with E-state index in [1.54, 1.807) is 11.3 Å². The molecule has 0 spiro atoms. The predicted molar refractivity (Wildman–Crippen MR) is 194 cm³/mol. The molecule has 2 rings (SSSR count). The molecule has 2 aromatic rings. The maximum atomic E-state index is 12.2. The van der Waals surface area contributed by atoms with Crippen molar-refractivity contribution < 1.29 is 32.8 Å². The van der Waals surface area contributed by atoms with Crippen LogP contribution in [-0.2, 0) is 20.5 Å². The van der Waals surface area contributed by atoms with E-state index in [2.05, 4.69) is 36.2 Å². The molecular formula is C37H64N2O6PS+. The van der Waals surface area contributed by atoms with Gasteiger partial charge in [-0.1, -0.05) is 115 Å². The summed E-state index contributed by atoms with van der Waals surface area (Å²) in [6.07, 6.45) is 20.1. The number of thiazole rings is 1. The molecule has 268 valence electrons. The zero-order valence-electron chi connectivity index (χ0n) is 30.0. The molecule has 8 nitrogen and oxygen atoms in total. The van der Waals surface area contributed by atoms with Gasteiger partial charge in [0.15, 0.2) is 12.2 Å². The fourth-order valence-electron chi connectivity index (χ4n) is 5.38. The van der Waals surface area contributed by atoms with Crippen LogP contribution in [0.3, 0.4) is 0 Å². The van der Waals surface area contributed by atoms with Crippen LogP contribution in [-0.4, -0.2) is 43.0 Å². The van der Waals surface area contributed by atoms with Gasteiger partial charge in [0.05, 0.1) is 17.6 Å². The van der Waals surface area contributed by atoms with E-state index in [1.165, 1.54) is 100 Å². The molecule has 2 atom stereocenters. The van der Waals surface area contributed by atoms with Crippen LogP contribution in [0.5, 0.6) is 5.75 Å². The van der Waals surface area contributed by atoms with Crippen LogP contribution in [0.4, 0.5) is 4.79 Å². The summed E-state index contributed by atoms with van der Waals surface area (Å²) in [6.45, 7) is 11.8. The van der Waals surface area contributed by atoms with Gasteiger partial charge in [0, 0.05) is 19.0 Å². The molecule has 0 saturated carbocycles. The fraction of sp³-hybridized carbons (Fsp3) is 0.730. The van der Waals surface area contributed by atoms with Crippen molar-refractivity contribution >= 4 is 26.0 Å². The highest BCUT2D eigenvalue weighted by atomic mass is 32.1. The Morgan fingerprint density at radius 2 is 1.40 bits per heavy atom. The second kappa shape index (κ2) is 26.1. The van der Waals surface area contributed by atoms with Gasteiger partial charge in [-0.3, -0.25) is 4.52 Å². The average molecular weight is 696 g/mol. The van der Waals surface area contributed by atoms with E-state index in [1.807, 2.05) is 38.1 Å². The summed E-state index contributed by atoms with van der Waals surface area (Å²) in [7, 11) is -2.17. The Morgan fingerprint density at radius 1 is 0.851 bits per heavy atom. The van der Waals surface area contributed by atoms with Gasteiger partial charge in [-0.2, -0.15) is 4.57 Å². The summed E-state index contributed by atoms with van der Waals surface area (Å²) in [4.78, 5) is 23.9. The Hall–Kier alpha value is -1.77. The zero-order chi connectivity index (χ0) is 34.1. The van der Waals surface area contributed by atoms with Gasteiger partial charge in [-0.25, -0.2) is 4.79 Å². The minimum atomic E-state index is -2.17.